The summed E-state index contributed by atoms with van der Waals surface area (Å²) >= 11 is 0. The van der Waals surface area contributed by atoms with E-state index in [0.29, 0.717) is 6.42 Å². The number of furan rings is 2. The number of carbonyl (C=O) groups is 1. The Labute approximate surface area is 155 Å². The van der Waals surface area contributed by atoms with Gasteiger partial charge in [0.2, 0.25) is 0 Å². The van der Waals surface area contributed by atoms with Gasteiger partial charge in [-0.25, -0.2) is 0 Å². The van der Waals surface area contributed by atoms with E-state index < -0.39 is 0 Å². The normalized spacial score (nSPS) is 18.8. The van der Waals surface area contributed by atoms with Gasteiger partial charge in [0, 0.05) is 33.2 Å². The number of hydrogen-bond donors (Lipinski definition) is 1. The van der Waals surface area contributed by atoms with Crippen LogP contribution in [0.15, 0.2) is 33.5 Å². The molecule has 0 aliphatic heterocycles. The molecule has 2 aliphatic rings. The minimum atomic E-state index is -0.275. The van der Waals surface area contributed by atoms with Crippen LogP contribution >= 0.6 is 0 Å². The summed E-state index contributed by atoms with van der Waals surface area (Å²) < 4.78 is 10.3. The van der Waals surface area contributed by atoms with Crippen molar-refractivity contribution in [3.63, 3.8) is 0 Å². The van der Waals surface area contributed by atoms with Crippen molar-refractivity contribution in [2.24, 2.45) is 0 Å². The third kappa shape index (κ3) is 4.16. The first-order valence-electron chi connectivity index (χ1n) is 7.09. The van der Waals surface area contributed by atoms with E-state index in [-0.39, 0.29) is 51.3 Å². The molecule has 2 aromatic heterocycles. The van der Waals surface area contributed by atoms with Crippen molar-refractivity contribution in [1.82, 2.24) is 0 Å². The zero-order valence-corrected chi connectivity index (χ0v) is 14.9. The molecule has 1 N–H and O–H groups in total. The van der Waals surface area contributed by atoms with Crippen LogP contribution in [0.25, 0.3) is 0 Å². The Morgan fingerprint density at radius 1 is 1.05 bits per heavy atom. The van der Waals surface area contributed by atoms with Crippen LogP contribution in [0.2, 0.25) is 0 Å². The maximum Gasteiger partial charge on any atom is 1.00 e. The molecule has 22 heavy (non-hydrogen) atoms. The van der Waals surface area contributed by atoms with Gasteiger partial charge in [0.25, 0.3) is 0 Å². The van der Waals surface area contributed by atoms with Gasteiger partial charge < -0.3 is 15.4 Å². The molecule has 0 fully saturated rings. The van der Waals surface area contributed by atoms with Crippen molar-refractivity contribution in [3.05, 3.63) is 47.3 Å². The molecular weight excluding hydrogens is 290 g/mol. The van der Waals surface area contributed by atoms with Gasteiger partial charge in [0.15, 0.2) is 5.78 Å². The summed E-state index contributed by atoms with van der Waals surface area (Å²) in [7, 11) is 0. The quantitative estimate of drug-likeness (QED) is 0.705. The van der Waals surface area contributed by atoms with Crippen molar-refractivity contribution in [3.8, 4) is 0 Å². The summed E-state index contributed by atoms with van der Waals surface area (Å²) in [6.45, 7) is 0. The second-order valence-corrected chi connectivity index (χ2v) is 5.24. The van der Waals surface area contributed by atoms with Gasteiger partial charge >= 0.3 is 29.6 Å². The fraction of sp³-hybridized carbons (Fsp3) is 0.438. The molecule has 111 valence electrons. The topological polar surface area (TPSA) is 63.6 Å². The number of ketones is 1. The Hall–Kier alpha value is -0.745. The SMILES string of the molecule is O=C1CCCc2occc21.OC1CCCc2occc21.[B].[H-].[Na+]. The van der Waals surface area contributed by atoms with Gasteiger partial charge in [-0.2, -0.15) is 0 Å². The van der Waals surface area contributed by atoms with Crippen LogP contribution in [0.1, 0.15) is 60.7 Å². The minimum Gasteiger partial charge on any atom is -1.00 e. The molecule has 0 spiro atoms. The number of hydrogen-bond acceptors (Lipinski definition) is 4. The third-order valence-corrected chi connectivity index (χ3v) is 3.87. The monoisotopic (exact) mass is 309 g/mol. The number of fused-ring (bicyclic) bond motifs is 2. The Morgan fingerprint density at radius 3 is 2.45 bits per heavy atom. The Balaban J connectivity index is 0.000000372. The second-order valence-electron chi connectivity index (χ2n) is 5.24. The predicted molar refractivity (Wildman–Crippen MR) is 79.4 cm³/mol. The number of aliphatic hydroxyl groups is 1. The second kappa shape index (κ2) is 8.77. The van der Waals surface area contributed by atoms with Gasteiger partial charge in [0.1, 0.15) is 11.5 Å². The molecule has 2 aromatic rings. The summed E-state index contributed by atoms with van der Waals surface area (Å²) in [6.07, 6.45) is 8.43. The van der Waals surface area contributed by atoms with E-state index in [4.69, 9.17) is 8.83 Å². The standard InChI is InChI=1S/C8H10O2.C8H8O2.B.Na.H/c2*9-7-2-1-3-8-6(7)4-5-10-8;;;/h4-5,7,9H,1-3H2;4-5H,1-3H2;;;/q;;;+1;-1. The molecule has 0 saturated heterocycles. The molecule has 0 aromatic carbocycles. The minimum absolute atomic E-state index is 0. The van der Waals surface area contributed by atoms with Crippen molar-refractivity contribution in [1.29, 1.82) is 0 Å². The van der Waals surface area contributed by atoms with E-state index in [9.17, 15) is 9.90 Å². The van der Waals surface area contributed by atoms with Gasteiger partial charge in [-0.3, -0.25) is 4.79 Å². The smallest absolute Gasteiger partial charge is 1.00 e. The van der Waals surface area contributed by atoms with E-state index >= 15 is 0 Å². The Kier molecular flexibility index (Phi) is 7.70. The van der Waals surface area contributed by atoms with Crippen LogP contribution in [0.5, 0.6) is 0 Å². The summed E-state index contributed by atoms with van der Waals surface area (Å²) in [6, 6.07) is 3.62. The van der Waals surface area contributed by atoms with Crippen LogP contribution in [-0.4, -0.2) is 19.3 Å². The third-order valence-electron chi connectivity index (χ3n) is 3.87. The maximum absolute atomic E-state index is 11.1. The average molecular weight is 309 g/mol. The van der Waals surface area contributed by atoms with Crippen LogP contribution in [-0.2, 0) is 12.8 Å². The molecule has 3 radical (unpaired) electrons. The van der Waals surface area contributed by atoms with E-state index in [1.165, 1.54) is 0 Å². The number of aryl methyl sites for hydroxylation is 2. The first-order chi connectivity index (χ1) is 9.75. The van der Waals surface area contributed by atoms with E-state index in [1.54, 1.807) is 18.6 Å². The van der Waals surface area contributed by atoms with Crippen LogP contribution < -0.4 is 29.6 Å². The van der Waals surface area contributed by atoms with Gasteiger partial charge in [-0.05, 0) is 31.4 Å². The summed E-state index contributed by atoms with van der Waals surface area (Å²) in [4.78, 5) is 11.1. The zero-order chi connectivity index (χ0) is 13.9. The van der Waals surface area contributed by atoms with Gasteiger partial charge in [-0.15, -0.1) is 0 Å². The molecule has 0 saturated carbocycles. The number of carbonyl (C=O) groups excluding carboxylic acids is 1. The molecule has 2 heterocycles. The van der Waals surface area contributed by atoms with Crippen LogP contribution in [0, 0.1) is 0 Å². The molecule has 2 aliphatic carbocycles. The summed E-state index contributed by atoms with van der Waals surface area (Å²) in [5, 5.41) is 9.39. The molecule has 0 amide bonds. The largest absolute Gasteiger partial charge is 1.00 e. The molecule has 1 atom stereocenters. The van der Waals surface area contributed by atoms with E-state index in [0.717, 1.165) is 54.8 Å². The zero-order valence-electron chi connectivity index (χ0n) is 13.9. The first kappa shape index (κ1) is 19.3. The van der Waals surface area contributed by atoms with Crippen molar-refractivity contribution < 1.29 is 49.7 Å². The number of rotatable bonds is 0. The van der Waals surface area contributed by atoms with Gasteiger partial charge in [0.05, 0.1) is 24.2 Å². The maximum atomic E-state index is 11.1. The van der Waals surface area contributed by atoms with E-state index in [1.807, 2.05) is 6.07 Å². The number of Topliss-reactive ketones (excluding diaryl/α,β-unsaturated/α-hetero) is 1. The fourth-order valence-corrected chi connectivity index (χ4v) is 2.79. The van der Waals surface area contributed by atoms with Crippen LogP contribution in [0.4, 0.5) is 0 Å². The van der Waals surface area contributed by atoms with E-state index in [2.05, 4.69) is 0 Å². The predicted octanol–water partition coefficient (Wildman–Crippen LogP) is 0.184. The Morgan fingerprint density at radius 2 is 1.73 bits per heavy atom. The fourth-order valence-electron chi connectivity index (χ4n) is 2.79. The van der Waals surface area contributed by atoms with Gasteiger partial charge in [-0.1, -0.05) is 0 Å². The molecule has 0 bridgehead atoms. The molecule has 6 heteroatoms. The average Bonchev–Trinajstić information content (AvgIpc) is 3.08. The summed E-state index contributed by atoms with van der Waals surface area (Å²) in [5.74, 6) is 2.07. The molecule has 4 nitrogen and oxygen atoms in total. The Bertz CT molecular complexity index is 611. The van der Waals surface area contributed by atoms with Crippen molar-refractivity contribution in [2.45, 2.75) is 44.6 Å². The first-order valence-corrected chi connectivity index (χ1v) is 7.09. The molecule has 4 rings (SSSR count). The molecule has 1 unspecified atom stereocenters. The van der Waals surface area contributed by atoms with Crippen molar-refractivity contribution >= 4 is 14.2 Å². The number of aliphatic hydroxyl groups excluding tert-OH is 1. The van der Waals surface area contributed by atoms with Crippen molar-refractivity contribution in [2.75, 3.05) is 0 Å². The van der Waals surface area contributed by atoms with Crippen LogP contribution in [0.3, 0.4) is 0 Å². The summed E-state index contributed by atoms with van der Waals surface area (Å²) in [5.41, 5.74) is 1.79. The molecular formula is C16H19BNaO4.